The van der Waals surface area contributed by atoms with Crippen molar-refractivity contribution >= 4 is 28.5 Å². The van der Waals surface area contributed by atoms with E-state index in [9.17, 15) is 18.7 Å². The molecule has 0 aliphatic heterocycles. The fourth-order valence-electron chi connectivity index (χ4n) is 3.97. The molecule has 0 unspecified atom stereocenters. The summed E-state index contributed by atoms with van der Waals surface area (Å²) in [5.41, 5.74) is 3.49. The third-order valence-corrected chi connectivity index (χ3v) is 5.10. The number of carboxylic acid groups (broad SMARTS) is 1. The number of hydrogen-bond acceptors (Lipinski definition) is 3. The number of rotatable bonds is 4. The molecule has 0 fully saturated rings. The van der Waals surface area contributed by atoms with Gasteiger partial charge in [0.2, 0.25) is 0 Å². The molecule has 0 radical (unpaired) electrons. The van der Waals surface area contributed by atoms with Crippen molar-refractivity contribution in [2.45, 2.75) is 26.4 Å². The zero-order valence-electron chi connectivity index (χ0n) is 15.7. The van der Waals surface area contributed by atoms with E-state index in [2.05, 4.69) is 4.74 Å². The molecule has 1 atom stereocenters. The van der Waals surface area contributed by atoms with E-state index < -0.39 is 12.6 Å². The number of aromatic carboxylic acids is 1. The number of allylic oxidation sites excluding steroid dienone is 1. The molecule has 2 aromatic carbocycles. The molecule has 148 valence electrons. The first-order valence-corrected chi connectivity index (χ1v) is 9.33. The number of ether oxygens (including phenoxy) is 1. The van der Waals surface area contributed by atoms with Gasteiger partial charge in [-0.05, 0) is 48.1 Å². The summed E-state index contributed by atoms with van der Waals surface area (Å²) in [6.07, 6.45) is 3.04. The molecule has 3 aromatic rings. The molecule has 1 aromatic heterocycles. The molecule has 6 heteroatoms. The van der Waals surface area contributed by atoms with Crippen molar-refractivity contribution in [2.24, 2.45) is 5.92 Å². The van der Waals surface area contributed by atoms with Crippen LogP contribution in [0.15, 0.2) is 48.5 Å². The standard InChI is InChI=1S/C23H19F2NO3/c1-13-10-15(12-14-6-2-5-9-19(14)29-23(24)25)21-17(11-13)20(22(27)28)16-7-3-4-8-18(16)26-21/h2-9,12-13,23H,10-11H2,1H3,(H,27,28)/b15-12+/t13-/m0/s1. The smallest absolute Gasteiger partial charge is 0.387 e. The molecule has 0 bridgehead atoms. The van der Waals surface area contributed by atoms with Crippen molar-refractivity contribution in [1.82, 2.24) is 4.98 Å². The van der Waals surface area contributed by atoms with Crippen LogP contribution in [-0.2, 0) is 6.42 Å². The van der Waals surface area contributed by atoms with Crippen LogP contribution in [0.4, 0.5) is 8.78 Å². The Morgan fingerprint density at radius 3 is 2.66 bits per heavy atom. The second-order valence-electron chi connectivity index (χ2n) is 7.24. The van der Waals surface area contributed by atoms with Crippen LogP contribution in [0.2, 0.25) is 0 Å². The summed E-state index contributed by atoms with van der Waals surface area (Å²) >= 11 is 0. The van der Waals surface area contributed by atoms with Gasteiger partial charge in [-0.2, -0.15) is 8.78 Å². The number of aromatic nitrogens is 1. The van der Waals surface area contributed by atoms with E-state index in [-0.39, 0.29) is 17.2 Å². The molecule has 1 heterocycles. The van der Waals surface area contributed by atoms with Crippen LogP contribution in [0.3, 0.4) is 0 Å². The van der Waals surface area contributed by atoms with Crippen molar-refractivity contribution in [2.75, 3.05) is 0 Å². The van der Waals surface area contributed by atoms with Gasteiger partial charge < -0.3 is 9.84 Å². The monoisotopic (exact) mass is 395 g/mol. The molecule has 0 amide bonds. The lowest BCUT2D eigenvalue weighted by Crippen LogP contribution is -2.17. The third-order valence-electron chi connectivity index (χ3n) is 5.10. The van der Waals surface area contributed by atoms with E-state index in [1.165, 1.54) is 6.07 Å². The van der Waals surface area contributed by atoms with Crippen molar-refractivity contribution < 1.29 is 23.4 Å². The summed E-state index contributed by atoms with van der Waals surface area (Å²) in [5.74, 6) is -0.721. The second kappa shape index (κ2) is 7.62. The number of pyridine rings is 1. The highest BCUT2D eigenvalue weighted by Crippen LogP contribution is 2.39. The van der Waals surface area contributed by atoms with Crippen molar-refractivity contribution in [3.8, 4) is 5.75 Å². The van der Waals surface area contributed by atoms with Crippen LogP contribution >= 0.6 is 0 Å². The average Bonchev–Trinajstić information content (AvgIpc) is 2.67. The Balaban J connectivity index is 1.94. The number of alkyl halides is 2. The van der Waals surface area contributed by atoms with Gasteiger partial charge in [0.15, 0.2) is 0 Å². The second-order valence-corrected chi connectivity index (χ2v) is 7.24. The number of carbonyl (C=O) groups is 1. The maximum atomic E-state index is 12.8. The predicted octanol–water partition coefficient (Wildman–Crippen LogP) is 5.66. The van der Waals surface area contributed by atoms with Crippen LogP contribution in [0.5, 0.6) is 5.75 Å². The largest absolute Gasteiger partial charge is 0.478 e. The molecule has 29 heavy (non-hydrogen) atoms. The number of fused-ring (bicyclic) bond motifs is 2. The Labute approximate surface area is 166 Å². The number of hydrogen-bond donors (Lipinski definition) is 1. The SMILES string of the molecule is C[C@H]1C/C(=C\c2ccccc2OC(F)F)c2nc3ccccc3c(C(=O)O)c2C1. The van der Waals surface area contributed by atoms with Crippen LogP contribution in [0, 0.1) is 5.92 Å². The number of para-hydroxylation sites is 2. The fraction of sp³-hybridized carbons (Fsp3) is 0.217. The summed E-state index contributed by atoms with van der Waals surface area (Å²) in [4.78, 5) is 16.8. The Morgan fingerprint density at radius 2 is 1.90 bits per heavy atom. The average molecular weight is 395 g/mol. The normalized spacial score (nSPS) is 17.5. The fourth-order valence-corrected chi connectivity index (χ4v) is 3.97. The van der Waals surface area contributed by atoms with E-state index in [0.29, 0.717) is 40.6 Å². The highest BCUT2D eigenvalue weighted by Gasteiger charge is 2.28. The maximum Gasteiger partial charge on any atom is 0.387 e. The molecule has 0 spiro atoms. The van der Waals surface area contributed by atoms with Crippen LogP contribution in [-0.4, -0.2) is 22.7 Å². The maximum absolute atomic E-state index is 12.8. The lowest BCUT2D eigenvalue weighted by molar-refractivity contribution is -0.0499. The molecular weight excluding hydrogens is 376 g/mol. The van der Waals surface area contributed by atoms with E-state index in [4.69, 9.17) is 4.98 Å². The minimum Gasteiger partial charge on any atom is -0.478 e. The first-order chi connectivity index (χ1) is 13.9. The Hall–Kier alpha value is -3.28. The van der Waals surface area contributed by atoms with Gasteiger partial charge in [0.1, 0.15) is 5.75 Å². The van der Waals surface area contributed by atoms with Crippen molar-refractivity contribution in [1.29, 1.82) is 0 Å². The molecule has 4 nitrogen and oxygen atoms in total. The van der Waals surface area contributed by atoms with Crippen molar-refractivity contribution in [3.05, 3.63) is 70.9 Å². The van der Waals surface area contributed by atoms with E-state index in [1.807, 2.05) is 13.0 Å². The summed E-state index contributed by atoms with van der Waals surface area (Å²) in [6, 6.07) is 13.7. The minimum atomic E-state index is -2.92. The summed E-state index contributed by atoms with van der Waals surface area (Å²) in [6.45, 7) is -0.882. The molecule has 0 saturated heterocycles. The highest BCUT2D eigenvalue weighted by atomic mass is 19.3. The highest BCUT2D eigenvalue weighted by molar-refractivity contribution is 6.06. The van der Waals surface area contributed by atoms with Crippen LogP contribution in [0.1, 0.15) is 40.5 Å². The van der Waals surface area contributed by atoms with Crippen molar-refractivity contribution in [3.63, 3.8) is 0 Å². The third kappa shape index (κ3) is 3.70. The lowest BCUT2D eigenvalue weighted by atomic mass is 9.80. The first-order valence-electron chi connectivity index (χ1n) is 9.33. The summed E-state index contributed by atoms with van der Waals surface area (Å²) in [7, 11) is 0. The van der Waals surface area contributed by atoms with Gasteiger partial charge in [0.25, 0.3) is 0 Å². The quantitative estimate of drug-likeness (QED) is 0.619. The number of nitrogens with zero attached hydrogens (tertiary/aromatic N) is 1. The van der Waals surface area contributed by atoms with Gasteiger partial charge in [0.05, 0.1) is 16.8 Å². The number of halogens is 2. The number of carboxylic acids is 1. The summed E-state index contributed by atoms with van der Waals surface area (Å²) in [5, 5.41) is 10.5. The van der Waals surface area contributed by atoms with Gasteiger partial charge in [-0.25, -0.2) is 9.78 Å². The molecule has 0 saturated carbocycles. The Morgan fingerprint density at radius 1 is 1.17 bits per heavy atom. The molecule has 1 aliphatic rings. The van der Waals surface area contributed by atoms with Gasteiger partial charge >= 0.3 is 12.6 Å². The van der Waals surface area contributed by atoms with Crippen LogP contribution in [0.25, 0.3) is 22.6 Å². The van der Waals surface area contributed by atoms with Gasteiger partial charge in [-0.1, -0.05) is 43.3 Å². The topological polar surface area (TPSA) is 59.4 Å². The van der Waals surface area contributed by atoms with Gasteiger partial charge in [0, 0.05) is 10.9 Å². The molecule has 4 rings (SSSR count). The predicted molar refractivity (Wildman–Crippen MR) is 107 cm³/mol. The van der Waals surface area contributed by atoms with Gasteiger partial charge in [-0.3, -0.25) is 0 Å². The zero-order chi connectivity index (χ0) is 20.5. The number of benzene rings is 2. The summed E-state index contributed by atoms with van der Waals surface area (Å²) < 4.78 is 30.2. The minimum absolute atomic E-state index is 0.0778. The Kier molecular flexibility index (Phi) is 5.01. The first kappa shape index (κ1) is 19.1. The lowest BCUT2D eigenvalue weighted by Gasteiger charge is -2.26. The molecular formula is C23H19F2NO3. The zero-order valence-corrected chi connectivity index (χ0v) is 15.7. The van der Waals surface area contributed by atoms with E-state index in [0.717, 1.165) is 5.57 Å². The molecule has 1 N–H and O–H groups in total. The van der Waals surface area contributed by atoms with Crippen LogP contribution < -0.4 is 4.74 Å². The van der Waals surface area contributed by atoms with Gasteiger partial charge in [-0.15, -0.1) is 0 Å². The van der Waals surface area contributed by atoms with E-state index >= 15 is 0 Å². The Bertz CT molecular complexity index is 1120. The van der Waals surface area contributed by atoms with E-state index in [1.54, 1.807) is 42.5 Å². The molecule has 1 aliphatic carbocycles.